The van der Waals surface area contributed by atoms with Gasteiger partial charge in [0.25, 0.3) is 5.91 Å². The van der Waals surface area contributed by atoms with E-state index in [1.165, 1.54) is 19.1 Å². The molecule has 0 fully saturated rings. The summed E-state index contributed by atoms with van der Waals surface area (Å²) in [6.45, 7) is 3.58. The Hall–Kier alpha value is -2.11. The third kappa shape index (κ3) is 3.44. The lowest BCUT2D eigenvalue weighted by molar-refractivity contribution is -0.128. The number of rotatable bonds is 4. The van der Waals surface area contributed by atoms with Crippen LogP contribution in [-0.4, -0.2) is 24.5 Å². The van der Waals surface area contributed by atoms with Crippen LogP contribution in [0.5, 0.6) is 0 Å². The molecule has 0 saturated heterocycles. The minimum absolute atomic E-state index is 0.209. The van der Waals surface area contributed by atoms with Gasteiger partial charge >= 0.3 is 5.97 Å². The maximum absolute atomic E-state index is 13.4. The Morgan fingerprint density at radius 2 is 2.17 bits per heavy atom. The van der Waals surface area contributed by atoms with Gasteiger partial charge in [-0.15, -0.1) is 0 Å². The van der Waals surface area contributed by atoms with Crippen LogP contribution in [0, 0.1) is 5.82 Å². The fourth-order valence-electron chi connectivity index (χ4n) is 1.29. The Morgan fingerprint density at radius 1 is 1.50 bits per heavy atom. The molecule has 0 aliphatic carbocycles. The highest BCUT2D eigenvalue weighted by molar-refractivity contribution is 5.92. The van der Waals surface area contributed by atoms with Crippen molar-refractivity contribution in [1.29, 1.82) is 0 Å². The molecule has 1 aromatic rings. The average Bonchev–Trinajstić information content (AvgIpc) is 2.28. The quantitative estimate of drug-likeness (QED) is 0.622. The lowest BCUT2D eigenvalue weighted by atomic mass is 10.2. The number of amides is 1. The van der Waals surface area contributed by atoms with Crippen LogP contribution in [-0.2, 0) is 9.53 Å². The predicted molar refractivity (Wildman–Crippen MR) is 64.4 cm³/mol. The first-order chi connectivity index (χ1) is 8.45. The molecule has 1 aromatic carbocycles. The van der Waals surface area contributed by atoms with Crippen molar-refractivity contribution in [1.82, 2.24) is 5.32 Å². The summed E-state index contributed by atoms with van der Waals surface area (Å²) in [5.74, 6) is -2.10. The molecular formula is C12H15FN2O3. The van der Waals surface area contributed by atoms with Gasteiger partial charge in [-0.25, -0.2) is 9.18 Å². The lowest BCUT2D eigenvalue weighted by Gasteiger charge is -2.13. The van der Waals surface area contributed by atoms with E-state index in [1.807, 2.05) is 0 Å². The van der Waals surface area contributed by atoms with E-state index in [1.54, 1.807) is 6.92 Å². The van der Waals surface area contributed by atoms with Gasteiger partial charge in [0.1, 0.15) is 5.82 Å². The Balaban J connectivity index is 2.73. The molecule has 0 heterocycles. The van der Waals surface area contributed by atoms with Gasteiger partial charge < -0.3 is 15.8 Å². The van der Waals surface area contributed by atoms with Crippen molar-refractivity contribution in [2.75, 3.05) is 12.3 Å². The molecule has 0 aromatic heterocycles. The van der Waals surface area contributed by atoms with Crippen molar-refractivity contribution in [3.8, 4) is 0 Å². The molecule has 5 nitrogen and oxygen atoms in total. The molecule has 98 valence electrons. The number of nitrogen functional groups attached to an aromatic ring is 1. The zero-order valence-corrected chi connectivity index (χ0v) is 10.2. The molecular weight excluding hydrogens is 239 g/mol. The van der Waals surface area contributed by atoms with E-state index >= 15 is 0 Å². The standard InChI is InChI=1S/C12H15FN2O3/c1-3-15-11(16)7(2)18-12(17)9-5-4-8(14)6-10(9)13/h4-7H,3,14H2,1-2H3,(H,15,16). The van der Waals surface area contributed by atoms with Gasteiger partial charge in [-0.2, -0.15) is 0 Å². The summed E-state index contributed by atoms with van der Waals surface area (Å²) in [6, 6.07) is 3.63. The Morgan fingerprint density at radius 3 is 2.72 bits per heavy atom. The summed E-state index contributed by atoms with van der Waals surface area (Å²) in [4.78, 5) is 23.0. The Kier molecular flexibility index (Phi) is 4.65. The van der Waals surface area contributed by atoms with E-state index in [4.69, 9.17) is 10.5 Å². The molecule has 6 heteroatoms. The first kappa shape index (κ1) is 14.0. The van der Waals surface area contributed by atoms with E-state index in [0.29, 0.717) is 6.54 Å². The summed E-state index contributed by atoms with van der Waals surface area (Å²) in [6.07, 6.45) is -0.977. The monoisotopic (exact) mass is 254 g/mol. The van der Waals surface area contributed by atoms with Crippen LogP contribution in [0.25, 0.3) is 0 Å². The third-order valence-electron chi connectivity index (χ3n) is 2.22. The van der Waals surface area contributed by atoms with Crippen LogP contribution < -0.4 is 11.1 Å². The van der Waals surface area contributed by atoms with Gasteiger partial charge in [-0.1, -0.05) is 0 Å². The fourth-order valence-corrected chi connectivity index (χ4v) is 1.29. The van der Waals surface area contributed by atoms with Gasteiger partial charge in [-0.3, -0.25) is 4.79 Å². The van der Waals surface area contributed by atoms with Gasteiger partial charge in [0.05, 0.1) is 5.56 Å². The SMILES string of the molecule is CCNC(=O)C(C)OC(=O)c1ccc(N)cc1F. The average molecular weight is 254 g/mol. The maximum Gasteiger partial charge on any atom is 0.341 e. The molecule has 3 N–H and O–H groups in total. The summed E-state index contributed by atoms with van der Waals surface area (Å²) in [7, 11) is 0. The van der Waals surface area contributed by atoms with E-state index in [2.05, 4.69) is 5.32 Å². The van der Waals surface area contributed by atoms with Crippen molar-refractivity contribution < 1.29 is 18.7 Å². The first-order valence-corrected chi connectivity index (χ1v) is 5.49. The second kappa shape index (κ2) is 6.00. The predicted octanol–water partition coefficient (Wildman–Crippen LogP) is 1.09. The zero-order valence-electron chi connectivity index (χ0n) is 10.2. The number of carbonyl (C=O) groups excluding carboxylic acids is 2. The number of carbonyl (C=O) groups is 2. The fraction of sp³-hybridized carbons (Fsp3) is 0.333. The summed E-state index contributed by atoms with van der Waals surface area (Å²) in [5, 5.41) is 2.50. The van der Waals surface area contributed by atoms with Crippen LogP contribution in [0.3, 0.4) is 0 Å². The highest BCUT2D eigenvalue weighted by atomic mass is 19.1. The van der Waals surface area contributed by atoms with Gasteiger partial charge in [0.15, 0.2) is 6.10 Å². The zero-order chi connectivity index (χ0) is 13.7. The highest BCUT2D eigenvalue weighted by Gasteiger charge is 2.20. The molecule has 0 spiro atoms. The number of esters is 1. The van der Waals surface area contributed by atoms with Crippen LogP contribution >= 0.6 is 0 Å². The number of ether oxygens (including phenoxy) is 1. The normalized spacial score (nSPS) is 11.7. The van der Waals surface area contributed by atoms with Crippen molar-refractivity contribution in [2.24, 2.45) is 0 Å². The van der Waals surface area contributed by atoms with E-state index in [0.717, 1.165) is 6.07 Å². The Labute approximate surface area is 104 Å². The van der Waals surface area contributed by atoms with Crippen LogP contribution in [0.1, 0.15) is 24.2 Å². The second-order valence-corrected chi connectivity index (χ2v) is 3.68. The van der Waals surface area contributed by atoms with Crippen molar-refractivity contribution in [2.45, 2.75) is 20.0 Å². The topological polar surface area (TPSA) is 81.4 Å². The number of likely N-dealkylation sites (N-methyl/N-ethyl adjacent to an activating group) is 1. The molecule has 0 aliphatic heterocycles. The number of halogens is 1. The summed E-state index contributed by atoms with van der Waals surface area (Å²) < 4.78 is 18.3. The minimum Gasteiger partial charge on any atom is -0.449 e. The van der Waals surface area contributed by atoms with E-state index < -0.39 is 23.8 Å². The molecule has 1 atom stereocenters. The van der Waals surface area contributed by atoms with Crippen LogP contribution in [0.2, 0.25) is 0 Å². The minimum atomic E-state index is -0.977. The number of benzene rings is 1. The maximum atomic E-state index is 13.4. The smallest absolute Gasteiger partial charge is 0.341 e. The van der Waals surface area contributed by atoms with Gasteiger partial charge in [-0.05, 0) is 32.0 Å². The molecule has 0 saturated carbocycles. The number of hydrogen-bond acceptors (Lipinski definition) is 4. The largest absolute Gasteiger partial charge is 0.449 e. The molecule has 0 aliphatic rings. The first-order valence-electron chi connectivity index (χ1n) is 5.49. The van der Waals surface area contributed by atoms with Crippen molar-refractivity contribution in [3.63, 3.8) is 0 Å². The second-order valence-electron chi connectivity index (χ2n) is 3.68. The van der Waals surface area contributed by atoms with Gasteiger partial charge in [0, 0.05) is 12.2 Å². The summed E-state index contributed by atoms with van der Waals surface area (Å²) in [5.41, 5.74) is 5.32. The number of nitrogens with two attached hydrogens (primary N) is 1. The molecule has 1 rings (SSSR count). The summed E-state index contributed by atoms with van der Waals surface area (Å²) >= 11 is 0. The van der Waals surface area contributed by atoms with Gasteiger partial charge in [0.2, 0.25) is 0 Å². The number of anilines is 1. The van der Waals surface area contributed by atoms with Crippen molar-refractivity contribution in [3.05, 3.63) is 29.6 Å². The van der Waals surface area contributed by atoms with Crippen molar-refractivity contribution >= 4 is 17.6 Å². The molecule has 1 unspecified atom stereocenters. The molecule has 0 radical (unpaired) electrons. The molecule has 0 bridgehead atoms. The Bertz CT molecular complexity index is 463. The van der Waals surface area contributed by atoms with E-state index in [9.17, 15) is 14.0 Å². The highest BCUT2D eigenvalue weighted by Crippen LogP contribution is 2.13. The van der Waals surface area contributed by atoms with Crippen LogP contribution in [0.4, 0.5) is 10.1 Å². The third-order valence-corrected chi connectivity index (χ3v) is 2.22. The number of hydrogen-bond donors (Lipinski definition) is 2. The number of nitrogens with one attached hydrogen (secondary N) is 1. The van der Waals surface area contributed by atoms with Crippen LogP contribution in [0.15, 0.2) is 18.2 Å². The molecule has 1 amide bonds. The molecule has 18 heavy (non-hydrogen) atoms. The van der Waals surface area contributed by atoms with E-state index in [-0.39, 0.29) is 11.3 Å². The lowest BCUT2D eigenvalue weighted by Crippen LogP contribution is -2.35.